The molecule has 2 heterocycles. The summed E-state index contributed by atoms with van der Waals surface area (Å²) in [7, 11) is 0. The molecule has 2 atom stereocenters. The number of nitrogens with zero attached hydrogens (tertiary/aromatic N) is 1. The maximum atomic E-state index is 5.80. The van der Waals surface area contributed by atoms with E-state index >= 15 is 0 Å². The first kappa shape index (κ1) is 12.3. The molecule has 0 N–H and O–H groups in total. The summed E-state index contributed by atoms with van der Waals surface area (Å²) >= 11 is 0. The predicted octanol–water partition coefficient (Wildman–Crippen LogP) is 3.57. The molecule has 1 aliphatic heterocycles. The maximum Gasteiger partial charge on any atom is 0.184 e. The highest BCUT2D eigenvalue weighted by Gasteiger charge is 2.25. The molecule has 0 saturated carbocycles. The quantitative estimate of drug-likeness (QED) is 0.840. The molecule has 19 heavy (non-hydrogen) atoms. The Balaban J connectivity index is 1.76. The molecule has 3 nitrogen and oxygen atoms in total. The first-order chi connectivity index (χ1) is 9.36. The van der Waals surface area contributed by atoms with E-state index in [2.05, 4.69) is 24.0 Å². The fourth-order valence-electron chi connectivity index (χ4n) is 2.18. The molecule has 0 bridgehead atoms. The Bertz CT molecular complexity index is 524. The molecule has 1 aliphatic rings. The third-order valence-electron chi connectivity index (χ3n) is 3.35. The van der Waals surface area contributed by atoms with Gasteiger partial charge in [-0.2, -0.15) is 0 Å². The summed E-state index contributed by atoms with van der Waals surface area (Å²) in [5.41, 5.74) is 3.15. The second-order valence-corrected chi connectivity index (χ2v) is 4.67. The van der Waals surface area contributed by atoms with Gasteiger partial charge in [-0.3, -0.25) is 4.98 Å². The number of hydrogen-bond donors (Lipinski definition) is 0. The number of benzene rings is 1. The largest absolute Gasteiger partial charge is 0.346 e. The summed E-state index contributed by atoms with van der Waals surface area (Å²) in [6.45, 7) is 2.80. The minimum atomic E-state index is -0.220. The van der Waals surface area contributed by atoms with Crippen molar-refractivity contribution in [3.05, 3.63) is 54.2 Å². The molecule has 1 saturated heterocycles. The van der Waals surface area contributed by atoms with Gasteiger partial charge in [-0.15, -0.1) is 0 Å². The molecular weight excluding hydrogens is 238 g/mol. The molecule has 0 radical (unpaired) electrons. The minimum absolute atomic E-state index is 0.220. The van der Waals surface area contributed by atoms with Crippen molar-refractivity contribution < 1.29 is 9.47 Å². The van der Waals surface area contributed by atoms with Gasteiger partial charge in [0.1, 0.15) is 0 Å². The van der Waals surface area contributed by atoms with Gasteiger partial charge in [0.15, 0.2) is 6.29 Å². The summed E-state index contributed by atoms with van der Waals surface area (Å²) in [6, 6.07) is 14.1. The smallest absolute Gasteiger partial charge is 0.184 e. The molecule has 1 aromatic heterocycles. The Morgan fingerprint density at radius 1 is 1.16 bits per heavy atom. The Hall–Kier alpha value is -1.71. The van der Waals surface area contributed by atoms with Crippen LogP contribution in [0.1, 0.15) is 25.2 Å². The van der Waals surface area contributed by atoms with E-state index in [9.17, 15) is 0 Å². The lowest BCUT2D eigenvalue weighted by atomic mass is 10.1. The van der Waals surface area contributed by atoms with Crippen LogP contribution < -0.4 is 0 Å². The highest BCUT2D eigenvalue weighted by Crippen LogP contribution is 2.29. The van der Waals surface area contributed by atoms with Crippen molar-refractivity contribution in [3.8, 4) is 11.3 Å². The molecular formula is C16H17NO2. The van der Waals surface area contributed by atoms with Gasteiger partial charge in [-0.1, -0.05) is 37.3 Å². The zero-order chi connectivity index (χ0) is 13.1. The van der Waals surface area contributed by atoms with Crippen LogP contribution in [-0.2, 0) is 9.47 Å². The predicted molar refractivity (Wildman–Crippen MR) is 73.5 cm³/mol. The lowest BCUT2D eigenvalue weighted by Gasteiger charge is -2.11. The number of hydrogen-bond acceptors (Lipinski definition) is 3. The van der Waals surface area contributed by atoms with Gasteiger partial charge in [-0.05, 0) is 18.6 Å². The average Bonchev–Trinajstić information content (AvgIpc) is 2.97. The lowest BCUT2D eigenvalue weighted by molar-refractivity contribution is -0.0604. The number of pyridine rings is 1. The van der Waals surface area contributed by atoms with E-state index in [1.54, 1.807) is 6.20 Å². The third kappa shape index (κ3) is 2.67. The molecule has 3 rings (SSSR count). The number of rotatable bonds is 3. The molecule has 98 valence electrons. The van der Waals surface area contributed by atoms with E-state index in [4.69, 9.17) is 9.47 Å². The van der Waals surface area contributed by atoms with E-state index in [0.717, 1.165) is 23.2 Å². The molecule has 1 fully saturated rings. The van der Waals surface area contributed by atoms with Crippen LogP contribution in [0.3, 0.4) is 0 Å². The van der Waals surface area contributed by atoms with E-state index in [-0.39, 0.29) is 12.4 Å². The van der Waals surface area contributed by atoms with Crippen molar-refractivity contribution in [1.29, 1.82) is 0 Å². The second kappa shape index (κ2) is 5.51. The average molecular weight is 255 g/mol. The summed E-state index contributed by atoms with van der Waals surface area (Å²) in [5, 5.41) is 0. The van der Waals surface area contributed by atoms with Crippen molar-refractivity contribution in [2.24, 2.45) is 0 Å². The Kier molecular flexibility index (Phi) is 3.58. The molecule has 0 aliphatic carbocycles. The van der Waals surface area contributed by atoms with Gasteiger partial charge in [0, 0.05) is 17.3 Å². The molecule has 2 aromatic rings. The van der Waals surface area contributed by atoms with Gasteiger partial charge in [0.05, 0.1) is 18.4 Å². The zero-order valence-corrected chi connectivity index (χ0v) is 11.0. The highest BCUT2D eigenvalue weighted by molar-refractivity contribution is 5.59. The summed E-state index contributed by atoms with van der Waals surface area (Å²) in [5.74, 6) is 0. The highest BCUT2D eigenvalue weighted by atomic mass is 16.7. The lowest BCUT2D eigenvalue weighted by Crippen LogP contribution is -2.07. The first-order valence-corrected chi connectivity index (χ1v) is 6.65. The van der Waals surface area contributed by atoms with E-state index in [0.29, 0.717) is 6.61 Å². The van der Waals surface area contributed by atoms with E-state index in [1.165, 1.54) is 0 Å². The van der Waals surface area contributed by atoms with Crippen molar-refractivity contribution in [2.75, 3.05) is 6.61 Å². The normalized spacial score (nSPS) is 22.6. The number of aromatic nitrogens is 1. The van der Waals surface area contributed by atoms with Crippen LogP contribution in [0, 0.1) is 0 Å². The molecule has 0 amide bonds. The minimum Gasteiger partial charge on any atom is -0.346 e. The topological polar surface area (TPSA) is 31.4 Å². The van der Waals surface area contributed by atoms with Crippen molar-refractivity contribution in [3.63, 3.8) is 0 Å². The Labute approximate surface area is 113 Å². The van der Waals surface area contributed by atoms with Gasteiger partial charge in [0.25, 0.3) is 0 Å². The van der Waals surface area contributed by atoms with Crippen LogP contribution in [0.4, 0.5) is 0 Å². The van der Waals surface area contributed by atoms with Crippen molar-refractivity contribution >= 4 is 0 Å². The Morgan fingerprint density at radius 2 is 2.00 bits per heavy atom. The van der Waals surface area contributed by atoms with E-state index in [1.807, 2.05) is 30.3 Å². The zero-order valence-electron chi connectivity index (χ0n) is 11.0. The van der Waals surface area contributed by atoms with Gasteiger partial charge < -0.3 is 9.47 Å². The van der Waals surface area contributed by atoms with Gasteiger partial charge in [0.2, 0.25) is 0 Å². The van der Waals surface area contributed by atoms with Crippen LogP contribution in [0.5, 0.6) is 0 Å². The van der Waals surface area contributed by atoms with Gasteiger partial charge >= 0.3 is 0 Å². The first-order valence-electron chi connectivity index (χ1n) is 6.65. The van der Waals surface area contributed by atoms with Crippen molar-refractivity contribution in [2.45, 2.75) is 25.7 Å². The molecule has 1 aromatic carbocycles. The fraction of sp³-hybridized carbons (Fsp3) is 0.312. The maximum absolute atomic E-state index is 5.80. The SMILES string of the molecule is CCC1COC(c2ccc(-c3ccccn3)cc2)O1. The summed E-state index contributed by atoms with van der Waals surface area (Å²) in [6.07, 6.45) is 2.80. The second-order valence-electron chi connectivity index (χ2n) is 4.67. The molecule has 3 heteroatoms. The van der Waals surface area contributed by atoms with Gasteiger partial charge in [-0.25, -0.2) is 0 Å². The van der Waals surface area contributed by atoms with Crippen LogP contribution in [0.2, 0.25) is 0 Å². The van der Waals surface area contributed by atoms with Crippen LogP contribution in [0.15, 0.2) is 48.7 Å². The van der Waals surface area contributed by atoms with Crippen LogP contribution in [0.25, 0.3) is 11.3 Å². The third-order valence-corrected chi connectivity index (χ3v) is 3.35. The Morgan fingerprint density at radius 3 is 2.63 bits per heavy atom. The fourth-order valence-corrected chi connectivity index (χ4v) is 2.18. The monoisotopic (exact) mass is 255 g/mol. The van der Waals surface area contributed by atoms with Crippen molar-refractivity contribution in [1.82, 2.24) is 4.98 Å². The van der Waals surface area contributed by atoms with E-state index < -0.39 is 0 Å². The summed E-state index contributed by atoms with van der Waals surface area (Å²) < 4.78 is 11.5. The number of ether oxygens (including phenoxy) is 2. The van der Waals surface area contributed by atoms with Crippen LogP contribution >= 0.6 is 0 Å². The summed E-state index contributed by atoms with van der Waals surface area (Å²) in [4.78, 5) is 4.34. The van der Waals surface area contributed by atoms with Crippen LogP contribution in [-0.4, -0.2) is 17.7 Å². The molecule has 0 spiro atoms. The standard InChI is InChI=1S/C16H17NO2/c1-2-14-11-18-16(19-14)13-8-6-12(7-9-13)15-5-3-4-10-17-15/h3-10,14,16H,2,11H2,1H3. The molecule has 2 unspecified atom stereocenters.